The second-order valence-electron chi connectivity index (χ2n) is 4.31. The summed E-state index contributed by atoms with van der Waals surface area (Å²) in [5.74, 6) is -0.325. The van der Waals surface area contributed by atoms with Crippen LogP contribution in [0.5, 0.6) is 0 Å². The molecule has 102 valence electrons. The number of carbonyl (C=O) groups is 3. The van der Waals surface area contributed by atoms with Crippen LogP contribution in [0, 0.1) is 0 Å². The molecule has 1 aliphatic heterocycles. The van der Waals surface area contributed by atoms with Crippen LogP contribution >= 0.6 is 0 Å². The lowest BCUT2D eigenvalue weighted by molar-refractivity contribution is -0.120. The van der Waals surface area contributed by atoms with Crippen LogP contribution in [0.25, 0.3) is 10.9 Å². The van der Waals surface area contributed by atoms with Crippen molar-refractivity contribution < 1.29 is 19.5 Å². The van der Waals surface area contributed by atoms with Crippen molar-refractivity contribution >= 4 is 34.6 Å². The Morgan fingerprint density at radius 2 is 2.15 bits per heavy atom. The lowest BCUT2D eigenvalue weighted by atomic mass is 10.2. The van der Waals surface area contributed by atoms with Gasteiger partial charge >= 0.3 is 12.1 Å². The molecule has 8 nitrogen and oxygen atoms in total. The number of nitrogens with one attached hydrogen (secondary N) is 1. The van der Waals surface area contributed by atoms with Crippen molar-refractivity contribution in [2.45, 2.75) is 6.42 Å². The molecule has 1 aliphatic rings. The SMILES string of the molecule is O=C1CCN(c2cncc3c2ccn3C(=O)O)C(=O)N1. The monoisotopic (exact) mass is 274 g/mol. The van der Waals surface area contributed by atoms with E-state index in [1.165, 1.54) is 23.5 Å². The van der Waals surface area contributed by atoms with E-state index >= 15 is 0 Å². The quantitative estimate of drug-likeness (QED) is 0.807. The molecule has 1 saturated heterocycles. The number of carbonyl (C=O) groups excluding carboxylic acids is 2. The molecular formula is C12H10N4O4. The van der Waals surface area contributed by atoms with Crippen molar-refractivity contribution in [3.63, 3.8) is 0 Å². The minimum Gasteiger partial charge on any atom is -0.464 e. The van der Waals surface area contributed by atoms with E-state index in [1.54, 1.807) is 6.07 Å². The van der Waals surface area contributed by atoms with Crippen LogP contribution in [-0.4, -0.2) is 39.2 Å². The largest absolute Gasteiger partial charge is 0.464 e. The number of carboxylic acid groups (broad SMARTS) is 1. The van der Waals surface area contributed by atoms with Gasteiger partial charge in [-0.2, -0.15) is 0 Å². The van der Waals surface area contributed by atoms with Gasteiger partial charge in [0.15, 0.2) is 0 Å². The first-order valence-corrected chi connectivity index (χ1v) is 5.87. The Hall–Kier alpha value is -2.90. The molecule has 2 N–H and O–H groups in total. The molecule has 0 bridgehead atoms. The van der Waals surface area contributed by atoms with Crippen LogP contribution in [0.2, 0.25) is 0 Å². The van der Waals surface area contributed by atoms with E-state index in [0.29, 0.717) is 16.6 Å². The number of hydrogen-bond donors (Lipinski definition) is 2. The van der Waals surface area contributed by atoms with E-state index in [9.17, 15) is 14.4 Å². The zero-order valence-electron chi connectivity index (χ0n) is 10.2. The molecule has 0 atom stereocenters. The number of imide groups is 1. The summed E-state index contributed by atoms with van der Waals surface area (Å²) in [7, 11) is 0. The highest BCUT2D eigenvalue weighted by atomic mass is 16.4. The maximum atomic E-state index is 11.8. The summed E-state index contributed by atoms with van der Waals surface area (Å²) < 4.78 is 1.03. The fourth-order valence-corrected chi connectivity index (χ4v) is 2.22. The number of fused-ring (bicyclic) bond motifs is 1. The summed E-state index contributed by atoms with van der Waals surface area (Å²) in [6, 6.07) is 1.07. The predicted octanol–water partition coefficient (Wildman–Crippen LogP) is 1.01. The normalized spacial score (nSPS) is 15.5. The molecule has 20 heavy (non-hydrogen) atoms. The van der Waals surface area contributed by atoms with Crippen LogP contribution < -0.4 is 10.2 Å². The van der Waals surface area contributed by atoms with Crippen molar-refractivity contribution in [2.24, 2.45) is 0 Å². The second-order valence-corrected chi connectivity index (χ2v) is 4.31. The molecular weight excluding hydrogens is 264 g/mol. The average molecular weight is 274 g/mol. The minimum atomic E-state index is -1.13. The third-order valence-electron chi connectivity index (χ3n) is 3.15. The fourth-order valence-electron chi connectivity index (χ4n) is 2.22. The Morgan fingerprint density at radius 3 is 2.85 bits per heavy atom. The van der Waals surface area contributed by atoms with Crippen molar-refractivity contribution in [1.29, 1.82) is 0 Å². The van der Waals surface area contributed by atoms with Gasteiger partial charge in [-0.3, -0.25) is 24.6 Å². The molecule has 2 aromatic rings. The standard InChI is InChI=1S/C12H10N4O4/c17-10-2-4-15(11(18)14-10)8-5-13-6-9-7(8)1-3-16(9)12(19)20/h1,3,5-6H,2,4H2,(H,19,20)(H,14,17,18). The van der Waals surface area contributed by atoms with Gasteiger partial charge in [-0.05, 0) is 6.07 Å². The molecule has 0 aliphatic carbocycles. The Bertz CT molecular complexity index is 736. The Morgan fingerprint density at radius 1 is 1.35 bits per heavy atom. The molecule has 0 aromatic carbocycles. The van der Waals surface area contributed by atoms with E-state index in [0.717, 1.165) is 4.57 Å². The number of nitrogens with zero attached hydrogens (tertiary/aromatic N) is 3. The summed E-state index contributed by atoms with van der Waals surface area (Å²) >= 11 is 0. The highest BCUT2D eigenvalue weighted by Gasteiger charge is 2.26. The van der Waals surface area contributed by atoms with Crippen molar-refractivity contribution in [3.05, 3.63) is 24.7 Å². The van der Waals surface area contributed by atoms with Gasteiger partial charge in [0.05, 0.1) is 23.6 Å². The van der Waals surface area contributed by atoms with Gasteiger partial charge in [0.25, 0.3) is 0 Å². The number of rotatable bonds is 1. The molecule has 2 aromatic heterocycles. The maximum absolute atomic E-state index is 11.8. The predicted molar refractivity (Wildman–Crippen MR) is 68.7 cm³/mol. The second kappa shape index (κ2) is 4.34. The van der Waals surface area contributed by atoms with Gasteiger partial charge in [-0.15, -0.1) is 0 Å². The summed E-state index contributed by atoms with van der Waals surface area (Å²) in [4.78, 5) is 39.4. The highest BCUT2D eigenvalue weighted by molar-refractivity contribution is 6.09. The number of urea groups is 1. The van der Waals surface area contributed by atoms with Crippen LogP contribution in [-0.2, 0) is 4.79 Å². The Kier molecular flexibility index (Phi) is 2.63. The van der Waals surface area contributed by atoms with E-state index < -0.39 is 12.1 Å². The van der Waals surface area contributed by atoms with Crippen LogP contribution in [0.1, 0.15) is 6.42 Å². The van der Waals surface area contributed by atoms with Gasteiger partial charge in [0, 0.05) is 24.5 Å². The molecule has 0 saturated carbocycles. The van der Waals surface area contributed by atoms with E-state index in [-0.39, 0.29) is 18.9 Å². The van der Waals surface area contributed by atoms with Gasteiger partial charge in [0.1, 0.15) is 0 Å². The molecule has 3 amide bonds. The minimum absolute atomic E-state index is 0.196. The number of aromatic nitrogens is 2. The summed E-state index contributed by atoms with van der Waals surface area (Å²) in [6.07, 6.45) is 3.36. The summed E-state index contributed by atoms with van der Waals surface area (Å²) in [5, 5.41) is 11.9. The van der Waals surface area contributed by atoms with Gasteiger partial charge in [-0.25, -0.2) is 9.59 Å². The first-order valence-electron chi connectivity index (χ1n) is 5.87. The average Bonchev–Trinajstić information content (AvgIpc) is 2.82. The smallest absolute Gasteiger partial charge is 0.416 e. The van der Waals surface area contributed by atoms with Crippen molar-refractivity contribution in [3.8, 4) is 0 Å². The molecule has 3 heterocycles. The summed E-state index contributed by atoms with van der Waals surface area (Å²) in [5.41, 5.74) is 0.868. The highest BCUT2D eigenvalue weighted by Crippen LogP contribution is 2.27. The van der Waals surface area contributed by atoms with E-state index in [1.807, 2.05) is 0 Å². The van der Waals surface area contributed by atoms with Crippen LogP contribution in [0.4, 0.5) is 15.3 Å². The zero-order chi connectivity index (χ0) is 14.3. The molecule has 1 fully saturated rings. The number of anilines is 1. The first kappa shape index (κ1) is 12.2. The maximum Gasteiger partial charge on any atom is 0.416 e. The molecule has 0 spiro atoms. The fraction of sp³-hybridized carbons (Fsp3) is 0.167. The number of hydrogen-bond acceptors (Lipinski definition) is 4. The van der Waals surface area contributed by atoms with E-state index in [2.05, 4.69) is 10.3 Å². The molecule has 0 radical (unpaired) electrons. The Balaban J connectivity index is 2.10. The zero-order valence-corrected chi connectivity index (χ0v) is 10.2. The van der Waals surface area contributed by atoms with Gasteiger partial charge in [-0.1, -0.05) is 0 Å². The van der Waals surface area contributed by atoms with Gasteiger partial charge < -0.3 is 5.11 Å². The summed E-state index contributed by atoms with van der Waals surface area (Å²) in [6.45, 7) is 0.240. The van der Waals surface area contributed by atoms with Crippen molar-refractivity contribution in [2.75, 3.05) is 11.4 Å². The number of pyridine rings is 1. The van der Waals surface area contributed by atoms with Crippen molar-refractivity contribution in [1.82, 2.24) is 14.9 Å². The molecule has 8 heteroatoms. The topological polar surface area (TPSA) is 105 Å². The molecule has 3 rings (SSSR count). The molecule has 0 unspecified atom stereocenters. The third kappa shape index (κ3) is 1.78. The first-order chi connectivity index (χ1) is 9.58. The van der Waals surface area contributed by atoms with Gasteiger partial charge in [0.2, 0.25) is 5.91 Å². The van der Waals surface area contributed by atoms with Crippen LogP contribution in [0.15, 0.2) is 24.7 Å². The Labute approximate surface area is 112 Å². The lowest BCUT2D eigenvalue weighted by Crippen LogP contribution is -2.49. The lowest BCUT2D eigenvalue weighted by Gasteiger charge is -2.26. The van der Waals surface area contributed by atoms with Crippen LogP contribution in [0.3, 0.4) is 0 Å². The number of amides is 3. The third-order valence-corrected chi connectivity index (χ3v) is 3.15. The van der Waals surface area contributed by atoms with E-state index in [4.69, 9.17) is 5.11 Å².